The van der Waals surface area contributed by atoms with E-state index in [4.69, 9.17) is 0 Å². The Balaban J connectivity index is 0.000000370. The first-order valence-corrected chi connectivity index (χ1v) is 13.9. The van der Waals surface area contributed by atoms with Crippen LogP contribution in [0.25, 0.3) is 0 Å². The van der Waals surface area contributed by atoms with Gasteiger partial charge in [0.2, 0.25) is 6.29 Å². The van der Waals surface area contributed by atoms with E-state index in [1.807, 2.05) is 62.5 Å². The van der Waals surface area contributed by atoms with Crippen LogP contribution in [0.3, 0.4) is 0 Å². The van der Waals surface area contributed by atoms with Gasteiger partial charge in [-0.3, -0.25) is 4.79 Å². The maximum absolute atomic E-state index is 11.2. The van der Waals surface area contributed by atoms with Gasteiger partial charge in [-0.25, -0.2) is 14.0 Å². The normalized spacial score (nSPS) is 15.3. The molecule has 1 aliphatic carbocycles. The van der Waals surface area contributed by atoms with Gasteiger partial charge < -0.3 is 0 Å². The fraction of sp³-hybridized carbons (Fsp3) is 0.440. The molecular weight excluding hydrogens is 648 g/mol. The molecule has 0 spiro atoms. The van der Waals surface area contributed by atoms with E-state index in [0.717, 1.165) is 56.5 Å². The van der Waals surface area contributed by atoms with Crippen LogP contribution in [0.1, 0.15) is 68.1 Å². The van der Waals surface area contributed by atoms with Crippen molar-refractivity contribution in [3.05, 3.63) is 74.7 Å². The monoisotopic (exact) mass is 682 g/mol. The molecule has 0 aliphatic heterocycles. The summed E-state index contributed by atoms with van der Waals surface area (Å²) in [6, 6.07) is 6.22. The summed E-state index contributed by atoms with van der Waals surface area (Å²) < 4.78 is 65.1. The number of nitrogens with zero attached hydrogens (tertiary/aromatic N) is 6. The van der Waals surface area contributed by atoms with Crippen LogP contribution in [0.5, 0.6) is 0 Å². The van der Waals surface area contributed by atoms with Gasteiger partial charge in [0.25, 0.3) is 0 Å². The maximum Gasteiger partial charge on any atom is 0 e. The zero-order valence-corrected chi connectivity index (χ0v) is 26.5. The van der Waals surface area contributed by atoms with E-state index >= 15 is 0 Å². The molecule has 3 aromatic heterocycles. The molecule has 227 valence electrons. The molecule has 0 saturated heterocycles. The number of carbonyl (C=O) groups excluding carboxylic acids is 1. The Morgan fingerprint density at radius 3 is 0.900 bits per heavy atom. The third-order valence-electron chi connectivity index (χ3n) is 6.16. The summed E-state index contributed by atoms with van der Waals surface area (Å²) in [4.78, 5) is 11.2. The number of carbonyl (C=O) groups is 1. The van der Waals surface area contributed by atoms with E-state index in [2.05, 4.69) is 54.3 Å². The SMILES string of the molecule is CC1=C(C)C(C)=C(C)C1=O.Cc1cc(C)n(C(n2nc(C)cc2C)n2nc(C)cc2C)n1.F[P-](F)(F)(F)(F)F.[Rh]. The van der Waals surface area contributed by atoms with Gasteiger partial charge in [0.1, 0.15) is 0 Å². The molecule has 0 fully saturated rings. The number of rotatable bonds is 3. The largest absolute Gasteiger partial charge is 0 e. The molecule has 3 heterocycles. The first kappa shape index (κ1) is 35.4. The standard InChI is InChI=1S/C16H22N6.C9H12O.F6P.Rh/c1-10-7-13(4)20(17-10)16(21-14(5)8-11(2)18-21)22-15(6)9-12(3)19-22;1-5-6(2)8(4)9(10)7(5)3;1-7(2,3,4,5)6;/h7-9,16H,1-6H3;1-4H3;;/q;;-1;. The molecule has 4 rings (SSSR count). The van der Waals surface area contributed by atoms with E-state index in [-0.39, 0.29) is 31.6 Å². The number of aryl methyl sites for hydroxylation is 6. The van der Waals surface area contributed by atoms with Crippen molar-refractivity contribution in [2.24, 2.45) is 0 Å². The predicted molar refractivity (Wildman–Crippen MR) is 140 cm³/mol. The summed E-state index contributed by atoms with van der Waals surface area (Å²) in [6.45, 7) is 20.0. The molecule has 15 heteroatoms. The average molecular weight is 682 g/mol. The van der Waals surface area contributed by atoms with Crippen LogP contribution in [-0.4, -0.2) is 35.1 Å². The van der Waals surface area contributed by atoms with Crippen LogP contribution in [0.2, 0.25) is 0 Å². The Bertz CT molecular complexity index is 1330. The second kappa shape index (κ2) is 11.4. The van der Waals surface area contributed by atoms with E-state index in [1.165, 1.54) is 0 Å². The molecule has 1 aliphatic rings. The van der Waals surface area contributed by atoms with Crippen molar-refractivity contribution in [1.29, 1.82) is 0 Å². The second-order valence-electron chi connectivity index (χ2n) is 9.75. The first-order valence-electron chi connectivity index (χ1n) is 11.9. The summed E-state index contributed by atoms with van der Waals surface area (Å²) >= 11 is 0. The van der Waals surface area contributed by atoms with E-state index < -0.39 is 7.81 Å². The van der Waals surface area contributed by atoms with Crippen molar-refractivity contribution in [3.8, 4) is 0 Å². The number of Topliss-reactive ketones (excluding diaryl/α,β-unsaturated/α-hetero) is 1. The molecule has 0 aromatic carbocycles. The minimum atomic E-state index is -10.7. The Kier molecular flexibility index (Phi) is 10.1. The second-order valence-corrected chi connectivity index (χ2v) is 11.7. The molecule has 0 bridgehead atoms. The molecule has 0 saturated carbocycles. The molecule has 7 nitrogen and oxygen atoms in total. The number of hydrogen-bond donors (Lipinski definition) is 0. The zero-order chi connectivity index (χ0) is 30.3. The molecule has 0 atom stereocenters. The maximum atomic E-state index is 11.2. The van der Waals surface area contributed by atoms with Gasteiger partial charge in [0.05, 0.1) is 17.1 Å². The van der Waals surface area contributed by atoms with Crippen molar-refractivity contribution in [1.82, 2.24) is 29.3 Å². The van der Waals surface area contributed by atoms with Crippen LogP contribution in [0.15, 0.2) is 40.5 Å². The minimum absolute atomic E-state index is 0. The van der Waals surface area contributed by atoms with E-state index in [1.54, 1.807) is 0 Å². The Hall–Kier alpha value is -2.59. The third kappa shape index (κ3) is 9.80. The van der Waals surface area contributed by atoms with Gasteiger partial charge >= 0.3 is 33.0 Å². The van der Waals surface area contributed by atoms with Gasteiger partial charge in [-0.1, -0.05) is 0 Å². The van der Waals surface area contributed by atoms with Gasteiger partial charge in [-0.15, -0.1) is 0 Å². The Morgan fingerprint density at radius 2 is 0.775 bits per heavy atom. The predicted octanol–water partition coefficient (Wildman–Crippen LogP) is 8.30. The molecule has 40 heavy (non-hydrogen) atoms. The van der Waals surface area contributed by atoms with Crippen LogP contribution in [0, 0.1) is 41.5 Å². The van der Waals surface area contributed by atoms with Gasteiger partial charge in [0, 0.05) is 36.6 Å². The summed E-state index contributed by atoms with van der Waals surface area (Å²) in [5, 5.41) is 14.0. The third-order valence-corrected chi connectivity index (χ3v) is 6.16. The van der Waals surface area contributed by atoms with Gasteiger partial charge in [-0.2, -0.15) is 15.3 Å². The van der Waals surface area contributed by atoms with Crippen LogP contribution in [0.4, 0.5) is 25.2 Å². The number of hydrogen-bond acceptors (Lipinski definition) is 4. The van der Waals surface area contributed by atoms with Crippen molar-refractivity contribution in [2.75, 3.05) is 0 Å². The van der Waals surface area contributed by atoms with Crippen LogP contribution in [-0.2, 0) is 24.3 Å². The zero-order valence-electron chi connectivity index (χ0n) is 23.9. The summed E-state index contributed by atoms with van der Waals surface area (Å²) in [6.07, 6.45) is -0.226. The van der Waals surface area contributed by atoms with E-state index in [9.17, 15) is 30.0 Å². The first-order chi connectivity index (χ1) is 17.4. The summed E-state index contributed by atoms with van der Waals surface area (Å²) in [5.74, 6) is 0.218. The number of allylic oxidation sites excluding steroid dienone is 4. The minimum Gasteiger partial charge on any atom is 0 e. The van der Waals surface area contributed by atoms with Gasteiger partial charge in [-0.05, 0) is 110 Å². The van der Waals surface area contributed by atoms with E-state index in [0.29, 0.717) is 0 Å². The Labute approximate surface area is 242 Å². The van der Waals surface area contributed by atoms with Crippen molar-refractivity contribution in [3.63, 3.8) is 0 Å². The topological polar surface area (TPSA) is 70.5 Å². The Morgan fingerprint density at radius 1 is 0.550 bits per heavy atom. The van der Waals surface area contributed by atoms with Crippen LogP contribution < -0.4 is 0 Å². The van der Waals surface area contributed by atoms with Crippen molar-refractivity contribution in [2.45, 2.75) is 75.5 Å². The number of ketones is 1. The quantitative estimate of drug-likeness (QED) is 0.158. The summed E-state index contributed by atoms with van der Waals surface area (Å²) in [7, 11) is -10.7. The fourth-order valence-electron chi connectivity index (χ4n) is 4.13. The van der Waals surface area contributed by atoms with Crippen LogP contribution >= 0.6 is 7.81 Å². The fourth-order valence-corrected chi connectivity index (χ4v) is 4.13. The smallest absolute Gasteiger partial charge is 0 e. The van der Waals surface area contributed by atoms with Crippen molar-refractivity contribution >= 4 is 13.6 Å². The molecular formula is C25H34F6N6OPRh-. The number of aromatic nitrogens is 6. The van der Waals surface area contributed by atoms with Gasteiger partial charge in [0.15, 0.2) is 5.78 Å². The molecule has 1 radical (unpaired) electrons. The molecule has 0 amide bonds. The average Bonchev–Trinajstić information content (AvgIpc) is 3.42. The number of halogens is 6. The molecule has 0 unspecified atom stereocenters. The molecule has 3 aromatic rings. The van der Waals surface area contributed by atoms with Crippen molar-refractivity contribution < 1.29 is 49.5 Å². The summed E-state index contributed by atoms with van der Waals surface area (Å²) in [5.41, 5.74) is 10.4. The molecule has 0 N–H and O–H groups in total.